The summed E-state index contributed by atoms with van der Waals surface area (Å²) < 4.78 is 0. The molecule has 0 atom stereocenters. The third-order valence-corrected chi connectivity index (χ3v) is 2.28. The number of fused-ring (bicyclic) bond motifs is 1. The number of rotatable bonds is 1. The average molecular weight is 195 g/mol. The molecule has 2 heterocycles. The molecule has 1 aliphatic rings. The van der Waals surface area contributed by atoms with Crippen molar-refractivity contribution in [2.24, 2.45) is 0 Å². The Morgan fingerprint density at radius 1 is 1.43 bits per heavy atom. The molecule has 0 bridgehead atoms. The molecule has 0 fully saturated rings. The Hall–Kier alpha value is -1.72. The van der Waals surface area contributed by atoms with Gasteiger partial charge in [-0.1, -0.05) is 0 Å². The first kappa shape index (κ1) is 8.86. The highest BCUT2D eigenvalue weighted by Gasteiger charge is 2.25. The van der Waals surface area contributed by atoms with Gasteiger partial charge in [-0.2, -0.15) is 4.98 Å². The monoisotopic (exact) mass is 195 g/mol. The van der Waals surface area contributed by atoms with E-state index in [0.717, 1.165) is 5.82 Å². The van der Waals surface area contributed by atoms with Crippen LogP contribution in [-0.4, -0.2) is 37.8 Å². The van der Waals surface area contributed by atoms with Gasteiger partial charge in [-0.25, -0.2) is 0 Å². The molecule has 1 aromatic heterocycles. The number of hydrogen-bond donors (Lipinski definition) is 2. The highest BCUT2D eigenvalue weighted by molar-refractivity contribution is 5.71. The third-order valence-electron chi connectivity index (χ3n) is 2.28. The van der Waals surface area contributed by atoms with Crippen molar-refractivity contribution in [1.82, 2.24) is 9.97 Å². The van der Waals surface area contributed by atoms with Crippen LogP contribution in [0.4, 0.5) is 17.5 Å². The van der Waals surface area contributed by atoms with E-state index in [-0.39, 0.29) is 5.56 Å². The summed E-state index contributed by atoms with van der Waals surface area (Å²) in [5, 5.41) is 2.82. The van der Waals surface area contributed by atoms with Crippen LogP contribution in [0.1, 0.15) is 0 Å². The van der Waals surface area contributed by atoms with Crippen LogP contribution < -0.4 is 20.7 Å². The van der Waals surface area contributed by atoms with Crippen molar-refractivity contribution in [3.8, 4) is 0 Å². The SMILES string of the molecule is CNc1nc2c(c(=O)[nH]1)N(C)CN2C. The topological polar surface area (TPSA) is 64.3 Å². The van der Waals surface area contributed by atoms with Gasteiger partial charge in [0.25, 0.3) is 5.56 Å². The van der Waals surface area contributed by atoms with Crippen molar-refractivity contribution in [2.45, 2.75) is 0 Å². The quantitative estimate of drug-likeness (QED) is 0.641. The lowest BCUT2D eigenvalue weighted by Crippen LogP contribution is -2.25. The fourth-order valence-corrected chi connectivity index (χ4v) is 1.64. The summed E-state index contributed by atoms with van der Waals surface area (Å²) >= 11 is 0. The van der Waals surface area contributed by atoms with E-state index in [2.05, 4.69) is 15.3 Å². The number of anilines is 3. The second-order valence-electron chi connectivity index (χ2n) is 3.37. The van der Waals surface area contributed by atoms with Crippen LogP contribution in [0.25, 0.3) is 0 Å². The van der Waals surface area contributed by atoms with Crippen LogP contribution in [0, 0.1) is 0 Å². The van der Waals surface area contributed by atoms with E-state index >= 15 is 0 Å². The molecule has 0 aromatic carbocycles. The van der Waals surface area contributed by atoms with Gasteiger partial charge < -0.3 is 15.1 Å². The van der Waals surface area contributed by atoms with E-state index in [1.54, 1.807) is 7.05 Å². The van der Waals surface area contributed by atoms with E-state index in [4.69, 9.17) is 0 Å². The number of nitrogens with zero attached hydrogens (tertiary/aromatic N) is 3. The maximum Gasteiger partial charge on any atom is 0.278 e. The van der Waals surface area contributed by atoms with E-state index in [9.17, 15) is 4.79 Å². The molecule has 0 saturated heterocycles. The summed E-state index contributed by atoms with van der Waals surface area (Å²) in [6, 6.07) is 0. The van der Waals surface area contributed by atoms with E-state index in [1.807, 2.05) is 23.9 Å². The van der Waals surface area contributed by atoms with Crippen molar-refractivity contribution >= 4 is 17.5 Å². The van der Waals surface area contributed by atoms with Crippen LogP contribution in [0.2, 0.25) is 0 Å². The summed E-state index contributed by atoms with van der Waals surface area (Å²) in [5.41, 5.74) is 0.526. The van der Waals surface area contributed by atoms with Gasteiger partial charge in [-0.05, 0) is 0 Å². The Labute approximate surface area is 81.6 Å². The molecule has 2 rings (SSSR count). The summed E-state index contributed by atoms with van der Waals surface area (Å²) in [4.78, 5) is 22.4. The van der Waals surface area contributed by atoms with Crippen LogP contribution in [0.5, 0.6) is 0 Å². The third kappa shape index (κ3) is 1.11. The normalized spacial score (nSPS) is 14.5. The maximum absolute atomic E-state index is 11.6. The van der Waals surface area contributed by atoms with E-state index in [1.165, 1.54) is 0 Å². The average Bonchev–Trinajstić information content (AvgIpc) is 2.42. The molecular weight excluding hydrogens is 182 g/mol. The summed E-state index contributed by atoms with van der Waals surface area (Å²) in [5.74, 6) is 1.22. The summed E-state index contributed by atoms with van der Waals surface area (Å²) in [6.45, 7) is 0.693. The van der Waals surface area contributed by atoms with Gasteiger partial charge >= 0.3 is 0 Å². The van der Waals surface area contributed by atoms with Gasteiger partial charge in [-0.15, -0.1) is 0 Å². The first-order valence-corrected chi connectivity index (χ1v) is 4.38. The van der Waals surface area contributed by atoms with Crippen LogP contribution >= 0.6 is 0 Å². The molecule has 0 unspecified atom stereocenters. The standard InChI is InChI=1S/C8H13N5O/c1-9-8-10-6-5(7(14)11-8)12(2)4-13(6)3/h4H2,1-3H3,(H2,9,10,11,14). The zero-order valence-electron chi connectivity index (χ0n) is 8.46. The van der Waals surface area contributed by atoms with E-state index in [0.29, 0.717) is 18.3 Å². The van der Waals surface area contributed by atoms with Crippen molar-refractivity contribution < 1.29 is 0 Å². The predicted molar refractivity (Wildman–Crippen MR) is 56.1 cm³/mol. The number of hydrogen-bond acceptors (Lipinski definition) is 5. The predicted octanol–water partition coefficient (Wildman–Crippen LogP) is -0.345. The molecule has 0 amide bonds. The highest BCUT2D eigenvalue weighted by Crippen LogP contribution is 2.28. The lowest BCUT2D eigenvalue weighted by Gasteiger charge is -2.10. The molecular formula is C8H13N5O. The molecule has 0 spiro atoms. The Bertz CT molecular complexity index is 413. The Balaban J connectivity index is 2.63. The van der Waals surface area contributed by atoms with Gasteiger partial charge in [0.05, 0.1) is 6.67 Å². The Morgan fingerprint density at radius 2 is 2.14 bits per heavy atom. The van der Waals surface area contributed by atoms with E-state index < -0.39 is 0 Å². The number of nitrogens with one attached hydrogen (secondary N) is 2. The zero-order chi connectivity index (χ0) is 10.3. The number of aromatic amines is 1. The molecule has 76 valence electrons. The highest BCUT2D eigenvalue weighted by atomic mass is 16.1. The van der Waals surface area contributed by atoms with Gasteiger partial charge in [0.1, 0.15) is 5.69 Å². The first-order chi connectivity index (χ1) is 6.63. The van der Waals surface area contributed by atoms with Gasteiger partial charge in [0, 0.05) is 21.1 Å². The fourth-order valence-electron chi connectivity index (χ4n) is 1.64. The smallest absolute Gasteiger partial charge is 0.278 e. The molecule has 6 nitrogen and oxygen atoms in total. The lowest BCUT2D eigenvalue weighted by atomic mass is 10.4. The fraction of sp³-hybridized carbons (Fsp3) is 0.500. The van der Waals surface area contributed by atoms with Crippen LogP contribution in [0.15, 0.2) is 4.79 Å². The number of aromatic nitrogens is 2. The van der Waals surface area contributed by atoms with Gasteiger partial charge in [-0.3, -0.25) is 9.78 Å². The minimum atomic E-state index is -0.105. The van der Waals surface area contributed by atoms with Crippen molar-refractivity contribution in [3.05, 3.63) is 10.4 Å². The molecule has 2 N–H and O–H groups in total. The minimum Gasteiger partial charge on any atom is -0.359 e. The van der Waals surface area contributed by atoms with Crippen molar-refractivity contribution in [1.29, 1.82) is 0 Å². The summed E-state index contributed by atoms with van der Waals surface area (Å²) in [6.07, 6.45) is 0. The van der Waals surface area contributed by atoms with Crippen LogP contribution in [0.3, 0.4) is 0 Å². The van der Waals surface area contributed by atoms with Crippen LogP contribution in [-0.2, 0) is 0 Å². The molecule has 14 heavy (non-hydrogen) atoms. The molecule has 0 aliphatic carbocycles. The second kappa shape index (κ2) is 2.90. The molecule has 1 aromatic rings. The Morgan fingerprint density at radius 3 is 2.79 bits per heavy atom. The second-order valence-corrected chi connectivity index (χ2v) is 3.37. The number of H-pyrrole nitrogens is 1. The largest absolute Gasteiger partial charge is 0.359 e. The molecule has 1 aliphatic heterocycles. The minimum absolute atomic E-state index is 0.105. The molecule has 0 saturated carbocycles. The molecule has 0 radical (unpaired) electrons. The lowest BCUT2D eigenvalue weighted by molar-refractivity contribution is 0.907. The van der Waals surface area contributed by atoms with Crippen molar-refractivity contribution in [2.75, 3.05) is 42.9 Å². The van der Waals surface area contributed by atoms with Crippen molar-refractivity contribution in [3.63, 3.8) is 0 Å². The summed E-state index contributed by atoms with van der Waals surface area (Å²) in [7, 11) is 5.51. The Kier molecular flexibility index (Phi) is 1.83. The zero-order valence-corrected chi connectivity index (χ0v) is 8.46. The van der Waals surface area contributed by atoms with Gasteiger partial charge in [0.15, 0.2) is 5.82 Å². The molecule has 6 heteroatoms. The van der Waals surface area contributed by atoms with Gasteiger partial charge in [0.2, 0.25) is 5.95 Å². The first-order valence-electron chi connectivity index (χ1n) is 4.38. The maximum atomic E-state index is 11.6.